The number of thiazole rings is 1. The van der Waals surface area contributed by atoms with E-state index in [-0.39, 0.29) is 11.8 Å². The molecule has 138 valence electrons. The molecule has 0 spiro atoms. The lowest BCUT2D eigenvalue weighted by atomic mass is 9.94. The smallest absolute Gasteiger partial charge is 0.229 e. The van der Waals surface area contributed by atoms with Crippen LogP contribution in [0.5, 0.6) is 0 Å². The number of benzene rings is 1. The molecule has 1 aromatic carbocycles. The first-order chi connectivity index (χ1) is 12.4. The van der Waals surface area contributed by atoms with E-state index in [0.29, 0.717) is 31.1 Å². The summed E-state index contributed by atoms with van der Waals surface area (Å²) in [5.41, 5.74) is 3.45. The van der Waals surface area contributed by atoms with E-state index >= 15 is 0 Å². The Kier molecular flexibility index (Phi) is 4.58. The van der Waals surface area contributed by atoms with Gasteiger partial charge in [-0.15, -0.1) is 11.3 Å². The van der Waals surface area contributed by atoms with E-state index < -0.39 is 10.0 Å². The number of hydrogen-bond acceptors (Lipinski definition) is 5. The number of rotatable bonds is 3. The third-order valence-electron chi connectivity index (χ3n) is 5.12. The Bertz CT molecular complexity index is 944. The zero-order valence-electron chi connectivity index (χ0n) is 14.6. The van der Waals surface area contributed by atoms with Crippen LogP contribution in [0.3, 0.4) is 0 Å². The van der Waals surface area contributed by atoms with Crippen molar-refractivity contribution >= 4 is 32.4 Å². The number of amides is 1. The second-order valence-electron chi connectivity index (χ2n) is 6.87. The second kappa shape index (κ2) is 6.75. The standard InChI is InChI=1S/C18H21N3O3S2/c1-26(23,24)21-10-8-13(9-11-21)17(22)20-18-19-16-14-5-3-2-4-12(14)6-7-15(16)25-18/h2-5,13H,6-11H2,1H3,(H,19,20,22). The summed E-state index contributed by atoms with van der Waals surface area (Å²) >= 11 is 1.55. The Morgan fingerprint density at radius 3 is 2.69 bits per heavy atom. The van der Waals surface area contributed by atoms with Gasteiger partial charge in [-0.2, -0.15) is 0 Å². The van der Waals surface area contributed by atoms with Crippen LogP contribution < -0.4 is 5.32 Å². The first-order valence-corrected chi connectivity index (χ1v) is 11.4. The van der Waals surface area contributed by atoms with Crippen molar-refractivity contribution in [1.82, 2.24) is 9.29 Å². The zero-order valence-corrected chi connectivity index (χ0v) is 16.2. The largest absolute Gasteiger partial charge is 0.302 e. The fourth-order valence-corrected chi connectivity index (χ4v) is 5.51. The minimum Gasteiger partial charge on any atom is -0.302 e. The second-order valence-corrected chi connectivity index (χ2v) is 9.94. The van der Waals surface area contributed by atoms with Crippen molar-refractivity contribution in [2.75, 3.05) is 24.7 Å². The van der Waals surface area contributed by atoms with E-state index in [9.17, 15) is 13.2 Å². The average Bonchev–Trinajstić information content (AvgIpc) is 3.04. The van der Waals surface area contributed by atoms with E-state index in [1.165, 1.54) is 21.0 Å². The quantitative estimate of drug-likeness (QED) is 0.872. The van der Waals surface area contributed by atoms with Gasteiger partial charge in [0, 0.05) is 29.4 Å². The average molecular weight is 392 g/mol. The van der Waals surface area contributed by atoms with Crippen molar-refractivity contribution in [1.29, 1.82) is 0 Å². The molecule has 8 heteroatoms. The molecule has 1 amide bonds. The molecule has 1 saturated heterocycles. The van der Waals surface area contributed by atoms with E-state index in [1.54, 1.807) is 11.3 Å². The topological polar surface area (TPSA) is 79.4 Å². The van der Waals surface area contributed by atoms with E-state index in [1.807, 2.05) is 12.1 Å². The van der Waals surface area contributed by atoms with Crippen LogP contribution in [0.2, 0.25) is 0 Å². The van der Waals surface area contributed by atoms with Gasteiger partial charge in [-0.3, -0.25) is 4.79 Å². The summed E-state index contributed by atoms with van der Waals surface area (Å²) in [6, 6.07) is 8.27. The van der Waals surface area contributed by atoms with Crippen molar-refractivity contribution < 1.29 is 13.2 Å². The third-order valence-corrected chi connectivity index (χ3v) is 7.45. The summed E-state index contributed by atoms with van der Waals surface area (Å²) in [5, 5.41) is 3.59. The van der Waals surface area contributed by atoms with Gasteiger partial charge in [0.25, 0.3) is 0 Å². The van der Waals surface area contributed by atoms with Gasteiger partial charge < -0.3 is 5.32 Å². The van der Waals surface area contributed by atoms with E-state index in [0.717, 1.165) is 24.1 Å². The number of aryl methyl sites for hydroxylation is 2. The maximum atomic E-state index is 12.6. The predicted molar refractivity (Wildman–Crippen MR) is 103 cm³/mol. The first-order valence-electron chi connectivity index (χ1n) is 8.76. The van der Waals surface area contributed by atoms with Gasteiger partial charge in [-0.05, 0) is 31.2 Å². The minimum absolute atomic E-state index is 0.0578. The van der Waals surface area contributed by atoms with Gasteiger partial charge >= 0.3 is 0 Å². The Labute approximate surface area is 157 Å². The summed E-state index contributed by atoms with van der Waals surface area (Å²) in [6.45, 7) is 0.803. The molecule has 0 bridgehead atoms. The van der Waals surface area contributed by atoms with Crippen molar-refractivity contribution in [3.8, 4) is 11.3 Å². The third kappa shape index (κ3) is 3.41. The molecule has 26 heavy (non-hydrogen) atoms. The fourth-order valence-electron chi connectivity index (χ4n) is 3.66. The van der Waals surface area contributed by atoms with Gasteiger partial charge in [-0.25, -0.2) is 17.7 Å². The molecule has 1 aliphatic heterocycles. The van der Waals surface area contributed by atoms with Crippen LogP contribution in [-0.2, 0) is 27.7 Å². The Hall–Kier alpha value is -1.77. The number of fused-ring (bicyclic) bond motifs is 3. The van der Waals surface area contributed by atoms with Crippen LogP contribution in [0.4, 0.5) is 5.13 Å². The molecule has 2 aliphatic rings. The SMILES string of the molecule is CS(=O)(=O)N1CCC(C(=O)Nc2nc3c(s2)CCc2ccccc2-3)CC1. The number of anilines is 1. The number of piperidine rings is 1. The number of hydrogen-bond donors (Lipinski definition) is 1. The van der Waals surface area contributed by atoms with Crippen molar-refractivity contribution in [2.45, 2.75) is 25.7 Å². The number of sulfonamides is 1. The highest BCUT2D eigenvalue weighted by Gasteiger charge is 2.30. The van der Waals surface area contributed by atoms with Crippen LogP contribution >= 0.6 is 11.3 Å². The molecule has 0 atom stereocenters. The van der Waals surface area contributed by atoms with Gasteiger partial charge in [0.2, 0.25) is 15.9 Å². The number of carbonyl (C=O) groups excluding carboxylic acids is 1. The van der Waals surface area contributed by atoms with Crippen LogP contribution in [0, 0.1) is 5.92 Å². The molecular formula is C18H21N3O3S2. The lowest BCUT2D eigenvalue weighted by Gasteiger charge is -2.29. The molecule has 1 aliphatic carbocycles. The minimum atomic E-state index is -3.17. The van der Waals surface area contributed by atoms with E-state index in [2.05, 4.69) is 22.4 Å². The fraction of sp³-hybridized carbons (Fsp3) is 0.444. The maximum Gasteiger partial charge on any atom is 0.229 e. The van der Waals surface area contributed by atoms with Crippen LogP contribution in [0.15, 0.2) is 24.3 Å². The molecule has 0 radical (unpaired) electrons. The van der Waals surface area contributed by atoms with Gasteiger partial charge in [0.1, 0.15) is 0 Å². The monoisotopic (exact) mass is 391 g/mol. The summed E-state index contributed by atoms with van der Waals surface area (Å²) in [6.07, 6.45) is 4.26. The highest BCUT2D eigenvalue weighted by Crippen LogP contribution is 2.38. The maximum absolute atomic E-state index is 12.6. The summed E-state index contributed by atoms with van der Waals surface area (Å²) in [7, 11) is -3.17. The molecule has 1 N–H and O–H groups in total. The van der Waals surface area contributed by atoms with Crippen molar-refractivity contribution in [2.24, 2.45) is 5.92 Å². The van der Waals surface area contributed by atoms with Crippen LogP contribution in [-0.4, -0.2) is 43.0 Å². The van der Waals surface area contributed by atoms with Gasteiger partial charge in [-0.1, -0.05) is 24.3 Å². The summed E-state index contributed by atoms with van der Waals surface area (Å²) < 4.78 is 24.6. The highest BCUT2D eigenvalue weighted by atomic mass is 32.2. The molecule has 2 heterocycles. The first kappa shape index (κ1) is 17.6. The molecule has 2 aromatic rings. The Morgan fingerprint density at radius 1 is 1.23 bits per heavy atom. The number of aromatic nitrogens is 1. The molecule has 0 unspecified atom stereocenters. The molecule has 1 aromatic heterocycles. The molecular weight excluding hydrogens is 370 g/mol. The molecule has 4 rings (SSSR count). The van der Waals surface area contributed by atoms with Crippen molar-refractivity contribution in [3.05, 3.63) is 34.7 Å². The predicted octanol–water partition coefficient (Wildman–Crippen LogP) is 2.52. The molecule has 1 fully saturated rings. The van der Waals surface area contributed by atoms with Crippen LogP contribution in [0.25, 0.3) is 11.3 Å². The normalized spacial score (nSPS) is 18.2. The highest BCUT2D eigenvalue weighted by molar-refractivity contribution is 7.88. The lowest BCUT2D eigenvalue weighted by molar-refractivity contribution is -0.120. The number of nitrogens with zero attached hydrogens (tertiary/aromatic N) is 2. The Balaban J connectivity index is 1.45. The molecule has 0 saturated carbocycles. The van der Waals surface area contributed by atoms with E-state index in [4.69, 9.17) is 0 Å². The van der Waals surface area contributed by atoms with Gasteiger partial charge in [0.05, 0.1) is 11.9 Å². The number of nitrogens with one attached hydrogen (secondary N) is 1. The molecule has 6 nitrogen and oxygen atoms in total. The van der Waals surface area contributed by atoms with Gasteiger partial charge in [0.15, 0.2) is 5.13 Å². The Morgan fingerprint density at radius 2 is 1.96 bits per heavy atom. The van der Waals surface area contributed by atoms with Crippen LogP contribution in [0.1, 0.15) is 23.3 Å². The zero-order chi connectivity index (χ0) is 18.3. The summed E-state index contributed by atoms with van der Waals surface area (Å²) in [4.78, 5) is 18.4. The number of carbonyl (C=O) groups is 1. The van der Waals surface area contributed by atoms with Crippen molar-refractivity contribution in [3.63, 3.8) is 0 Å². The lowest BCUT2D eigenvalue weighted by Crippen LogP contribution is -2.40. The summed E-state index contributed by atoms with van der Waals surface area (Å²) in [5.74, 6) is -0.223.